The van der Waals surface area contributed by atoms with Gasteiger partial charge >= 0.3 is 0 Å². The fraction of sp³-hybridized carbons (Fsp3) is 0.818. The lowest BCUT2D eigenvalue weighted by molar-refractivity contribution is -0.0403. The second kappa shape index (κ2) is 6.23. The third-order valence-electron chi connectivity index (χ3n) is 2.80. The average molecular weight is 213 g/mol. The molecule has 88 valence electrons. The first kappa shape index (κ1) is 12.6. The highest BCUT2D eigenvalue weighted by Gasteiger charge is 2.27. The lowest BCUT2D eigenvalue weighted by atomic mass is 10.0. The second-order valence-corrected chi connectivity index (χ2v) is 4.20. The van der Waals surface area contributed by atoms with E-state index >= 15 is 0 Å². The van der Waals surface area contributed by atoms with Gasteiger partial charge in [0.25, 0.3) is 0 Å². The molecule has 3 N–H and O–H groups in total. The smallest absolute Gasteiger partial charge is 0.0906 e. The summed E-state index contributed by atoms with van der Waals surface area (Å²) < 4.78 is 5.72. The van der Waals surface area contributed by atoms with E-state index in [0.717, 1.165) is 31.8 Å². The summed E-state index contributed by atoms with van der Waals surface area (Å²) in [5.74, 6) is 5.51. The van der Waals surface area contributed by atoms with E-state index in [4.69, 9.17) is 10.6 Å². The molecule has 1 aliphatic rings. The van der Waals surface area contributed by atoms with Gasteiger partial charge in [-0.3, -0.25) is 16.2 Å². The van der Waals surface area contributed by atoms with Gasteiger partial charge in [0.1, 0.15) is 0 Å². The maximum atomic E-state index is 5.72. The molecule has 0 saturated carbocycles. The van der Waals surface area contributed by atoms with Crippen molar-refractivity contribution in [2.45, 2.75) is 32.4 Å². The molecule has 0 aromatic rings. The Hall–Kier alpha value is -0.420. The van der Waals surface area contributed by atoms with Crippen LogP contribution < -0.4 is 11.3 Å². The van der Waals surface area contributed by atoms with Gasteiger partial charge in [0.2, 0.25) is 0 Å². The number of hydrogen-bond acceptors (Lipinski definition) is 4. The predicted molar refractivity (Wildman–Crippen MR) is 62.4 cm³/mol. The Bertz CT molecular complexity index is 206. The molecular weight excluding hydrogens is 190 g/mol. The molecule has 4 nitrogen and oxygen atoms in total. The highest BCUT2D eigenvalue weighted by molar-refractivity contribution is 5.05. The zero-order chi connectivity index (χ0) is 11.3. The molecule has 1 rings (SSSR count). The summed E-state index contributed by atoms with van der Waals surface area (Å²) in [7, 11) is 0. The molecule has 2 atom stereocenters. The third-order valence-corrected chi connectivity index (χ3v) is 2.80. The molecule has 1 aliphatic heterocycles. The van der Waals surface area contributed by atoms with E-state index in [-0.39, 0.29) is 12.1 Å². The molecule has 1 saturated heterocycles. The summed E-state index contributed by atoms with van der Waals surface area (Å²) in [5.41, 5.74) is 3.81. The summed E-state index contributed by atoms with van der Waals surface area (Å²) in [6.07, 6.45) is 1.31. The van der Waals surface area contributed by atoms with Crippen LogP contribution in [0.2, 0.25) is 0 Å². The topological polar surface area (TPSA) is 50.5 Å². The average Bonchev–Trinajstić information content (AvgIpc) is 2.19. The molecule has 1 fully saturated rings. The molecule has 4 heteroatoms. The summed E-state index contributed by atoms with van der Waals surface area (Å²) >= 11 is 0. The van der Waals surface area contributed by atoms with E-state index in [1.54, 1.807) is 0 Å². The van der Waals surface area contributed by atoms with Crippen molar-refractivity contribution in [3.63, 3.8) is 0 Å². The number of ether oxygens (including phenoxy) is 1. The molecule has 0 aliphatic carbocycles. The van der Waals surface area contributed by atoms with Crippen LogP contribution in [-0.4, -0.2) is 43.3 Å². The van der Waals surface area contributed by atoms with Gasteiger partial charge in [-0.15, -0.1) is 0 Å². The van der Waals surface area contributed by atoms with E-state index in [9.17, 15) is 0 Å². The standard InChI is InChI=1S/C11H23N3O/c1-4-5-14-6-7-15-10(8-14)11(13-12)9(2)3/h10-11,13H,2,4-8,12H2,1,3H3. The van der Waals surface area contributed by atoms with Crippen molar-refractivity contribution in [3.05, 3.63) is 12.2 Å². The predicted octanol–water partition coefficient (Wildman–Crippen LogP) is 0.505. The van der Waals surface area contributed by atoms with Crippen LogP contribution in [-0.2, 0) is 4.74 Å². The number of hydrogen-bond donors (Lipinski definition) is 2. The molecule has 15 heavy (non-hydrogen) atoms. The van der Waals surface area contributed by atoms with Crippen molar-refractivity contribution in [3.8, 4) is 0 Å². The fourth-order valence-corrected chi connectivity index (χ4v) is 2.02. The summed E-state index contributed by atoms with van der Waals surface area (Å²) in [6.45, 7) is 12.0. The molecule has 0 aromatic carbocycles. The molecule has 2 unspecified atom stereocenters. The summed E-state index contributed by atoms with van der Waals surface area (Å²) in [4.78, 5) is 2.42. The maximum absolute atomic E-state index is 5.72. The first-order chi connectivity index (χ1) is 7.19. The normalized spacial score (nSPS) is 25.1. The van der Waals surface area contributed by atoms with Gasteiger partial charge in [-0.05, 0) is 19.9 Å². The zero-order valence-corrected chi connectivity index (χ0v) is 9.83. The van der Waals surface area contributed by atoms with Crippen LogP contribution in [0.3, 0.4) is 0 Å². The van der Waals surface area contributed by atoms with Crippen LogP contribution in [0.5, 0.6) is 0 Å². The number of morpholine rings is 1. The molecule has 0 bridgehead atoms. The Morgan fingerprint density at radius 2 is 2.47 bits per heavy atom. The minimum Gasteiger partial charge on any atom is -0.374 e. The monoisotopic (exact) mass is 213 g/mol. The van der Waals surface area contributed by atoms with Crippen molar-refractivity contribution in [1.82, 2.24) is 10.3 Å². The summed E-state index contributed by atoms with van der Waals surface area (Å²) in [6, 6.07) is 0.0599. The number of rotatable bonds is 5. The number of nitrogens with one attached hydrogen (secondary N) is 1. The molecular formula is C11H23N3O. The van der Waals surface area contributed by atoms with Crippen molar-refractivity contribution in [2.24, 2.45) is 5.84 Å². The van der Waals surface area contributed by atoms with E-state index in [1.807, 2.05) is 6.92 Å². The number of nitrogens with two attached hydrogens (primary N) is 1. The quantitative estimate of drug-likeness (QED) is 0.397. The van der Waals surface area contributed by atoms with Crippen LogP contribution in [0.15, 0.2) is 12.2 Å². The van der Waals surface area contributed by atoms with Crippen LogP contribution in [0.25, 0.3) is 0 Å². The third kappa shape index (κ3) is 3.57. The van der Waals surface area contributed by atoms with Crippen LogP contribution >= 0.6 is 0 Å². The maximum Gasteiger partial charge on any atom is 0.0906 e. The van der Waals surface area contributed by atoms with E-state index < -0.39 is 0 Å². The fourth-order valence-electron chi connectivity index (χ4n) is 2.02. The van der Waals surface area contributed by atoms with Crippen molar-refractivity contribution in [2.75, 3.05) is 26.2 Å². The minimum atomic E-state index is 0.0599. The highest BCUT2D eigenvalue weighted by Crippen LogP contribution is 2.13. The van der Waals surface area contributed by atoms with Gasteiger partial charge in [-0.1, -0.05) is 19.1 Å². The van der Waals surface area contributed by atoms with Gasteiger partial charge in [0.15, 0.2) is 0 Å². The van der Waals surface area contributed by atoms with E-state index in [2.05, 4.69) is 23.8 Å². The van der Waals surface area contributed by atoms with Crippen LogP contribution in [0.4, 0.5) is 0 Å². The van der Waals surface area contributed by atoms with E-state index in [1.165, 1.54) is 6.42 Å². The van der Waals surface area contributed by atoms with Gasteiger partial charge in [-0.25, -0.2) is 0 Å². The summed E-state index contributed by atoms with van der Waals surface area (Å²) in [5, 5.41) is 0. The highest BCUT2D eigenvalue weighted by atomic mass is 16.5. The molecule has 0 aromatic heterocycles. The molecule has 0 radical (unpaired) electrons. The van der Waals surface area contributed by atoms with Gasteiger partial charge in [-0.2, -0.15) is 0 Å². The largest absolute Gasteiger partial charge is 0.374 e. The molecule has 0 spiro atoms. The number of nitrogens with zero attached hydrogens (tertiary/aromatic N) is 1. The Morgan fingerprint density at radius 3 is 3.00 bits per heavy atom. The lowest BCUT2D eigenvalue weighted by Crippen LogP contribution is -2.54. The minimum absolute atomic E-state index is 0.0599. The van der Waals surface area contributed by atoms with E-state index in [0.29, 0.717) is 0 Å². The zero-order valence-electron chi connectivity index (χ0n) is 9.83. The van der Waals surface area contributed by atoms with Gasteiger partial charge in [0.05, 0.1) is 18.8 Å². The van der Waals surface area contributed by atoms with Gasteiger partial charge < -0.3 is 4.74 Å². The van der Waals surface area contributed by atoms with Crippen molar-refractivity contribution < 1.29 is 4.74 Å². The van der Waals surface area contributed by atoms with Crippen LogP contribution in [0, 0.1) is 0 Å². The van der Waals surface area contributed by atoms with Crippen molar-refractivity contribution in [1.29, 1.82) is 0 Å². The Morgan fingerprint density at radius 1 is 1.73 bits per heavy atom. The van der Waals surface area contributed by atoms with Gasteiger partial charge in [0, 0.05) is 13.1 Å². The molecule has 1 heterocycles. The Labute approximate surface area is 92.4 Å². The van der Waals surface area contributed by atoms with Crippen molar-refractivity contribution >= 4 is 0 Å². The Balaban J connectivity index is 2.50. The number of hydrazine groups is 1. The second-order valence-electron chi connectivity index (χ2n) is 4.20. The Kier molecular flexibility index (Phi) is 5.25. The first-order valence-electron chi connectivity index (χ1n) is 5.64. The SMILES string of the molecule is C=C(C)C(NN)C1CN(CCC)CCO1. The lowest BCUT2D eigenvalue weighted by Gasteiger charge is -2.36. The van der Waals surface area contributed by atoms with Crippen LogP contribution in [0.1, 0.15) is 20.3 Å². The molecule has 0 amide bonds. The first-order valence-corrected chi connectivity index (χ1v) is 5.64.